The van der Waals surface area contributed by atoms with Crippen LogP contribution in [0.1, 0.15) is 18.9 Å². The first kappa shape index (κ1) is 14.2. The van der Waals surface area contributed by atoms with Gasteiger partial charge in [-0.1, -0.05) is 0 Å². The molecule has 0 fully saturated rings. The molecule has 98 valence electrons. The van der Waals surface area contributed by atoms with Crippen LogP contribution in [0.2, 0.25) is 0 Å². The summed E-state index contributed by atoms with van der Waals surface area (Å²) < 4.78 is 18.1. The fourth-order valence-electron chi connectivity index (χ4n) is 1.57. The molecule has 0 bridgehead atoms. The Labute approximate surface area is 105 Å². The van der Waals surface area contributed by atoms with Crippen molar-refractivity contribution in [2.75, 3.05) is 13.7 Å². The second-order valence-electron chi connectivity index (χ2n) is 3.93. The highest BCUT2D eigenvalue weighted by molar-refractivity contribution is 5.96. The Kier molecular flexibility index (Phi) is 5.30. The first-order valence-corrected chi connectivity index (χ1v) is 5.61. The van der Waals surface area contributed by atoms with Crippen molar-refractivity contribution in [2.45, 2.75) is 19.8 Å². The van der Waals surface area contributed by atoms with Gasteiger partial charge in [-0.3, -0.25) is 9.59 Å². The predicted molar refractivity (Wildman–Crippen MR) is 65.0 cm³/mol. The van der Waals surface area contributed by atoms with Crippen LogP contribution in [0.4, 0.5) is 4.39 Å². The molecule has 1 N–H and O–H groups in total. The summed E-state index contributed by atoms with van der Waals surface area (Å²) in [5.41, 5.74) is 0.681. The second-order valence-corrected chi connectivity index (χ2v) is 3.93. The molecule has 1 aromatic rings. The van der Waals surface area contributed by atoms with Gasteiger partial charge in [-0.2, -0.15) is 0 Å². The topological polar surface area (TPSA) is 55.4 Å². The molecule has 0 aromatic heterocycles. The number of nitrogens with one attached hydrogen (secondary N) is 1. The number of carbonyl (C=O) groups is 2. The van der Waals surface area contributed by atoms with Crippen molar-refractivity contribution >= 4 is 11.7 Å². The molecule has 1 aromatic carbocycles. The summed E-state index contributed by atoms with van der Waals surface area (Å²) in [4.78, 5) is 21.9. The van der Waals surface area contributed by atoms with Crippen molar-refractivity contribution in [1.29, 1.82) is 0 Å². The smallest absolute Gasteiger partial charge is 0.227 e. The van der Waals surface area contributed by atoms with Crippen LogP contribution < -0.4 is 10.1 Å². The lowest BCUT2D eigenvalue weighted by Gasteiger charge is -2.09. The number of Topliss-reactive ketones (excluding diaryl/α,β-unsaturated/α-hetero) is 1. The van der Waals surface area contributed by atoms with Crippen molar-refractivity contribution in [3.05, 3.63) is 29.6 Å². The molecule has 0 radical (unpaired) electrons. The van der Waals surface area contributed by atoms with Crippen LogP contribution in [0.5, 0.6) is 5.75 Å². The van der Waals surface area contributed by atoms with Crippen molar-refractivity contribution in [1.82, 2.24) is 5.32 Å². The number of halogens is 1. The molecule has 1 rings (SSSR count). The van der Waals surface area contributed by atoms with E-state index in [0.29, 0.717) is 24.3 Å². The maximum absolute atomic E-state index is 13.1. The van der Waals surface area contributed by atoms with Gasteiger partial charge in [0.25, 0.3) is 0 Å². The van der Waals surface area contributed by atoms with E-state index < -0.39 is 0 Å². The molecule has 0 saturated carbocycles. The van der Waals surface area contributed by atoms with Crippen molar-refractivity contribution < 1.29 is 18.7 Å². The summed E-state index contributed by atoms with van der Waals surface area (Å²) in [7, 11) is 1.51. The maximum Gasteiger partial charge on any atom is 0.227 e. The molecule has 5 heteroatoms. The third-order valence-electron chi connectivity index (χ3n) is 2.37. The van der Waals surface area contributed by atoms with Gasteiger partial charge in [0.05, 0.1) is 13.5 Å². The van der Waals surface area contributed by atoms with Gasteiger partial charge in [0, 0.05) is 6.54 Å². The number of benzene rings is 1. The largest absolute Gasteiger partial charge is 0.496 e. The highest BCUT2D eigenvalue weighted by Gasteiger charge is 2.07. The molecule has 0 atom stereocenters. The van der Waals surface area contributed by atoms with Crippen molar-refractivity contribution in [2.24, 2.45) is 0 Å². The zero-order chi connectivity index (χ0) is 13.5. The predicted octanol–water partition coefficient (Wildman–Crippen LogP) is 1.47. The van der Waals surface area contributed by atoms with Crippen molar-refractivity contribution in [3.63, 3.8) is 0 Å². The van der Waals surface area contributed by atoms with Gasteiger partial charge in [0.15, 0.2) is 0 Å². The van der Waals surface area contributed by atoms with E-state index in [2.05, 4.69) is 5.32 Å². The number of ether oxygens (including phenoxy) is 1. The summed E-state index contributed by atoms with van der Waals surface area (Å²) >= 11 is 0. The molecule has 0 aliphatic carbocycles. The van der Waals surface area contributed by atoms with E-state index in [1.54, 1.807) is 6.07 Å². The van der Waals surface area contributed by atoms with Crippen LogP contribution in [0, 0.1) is 5.82 Å². The van der Waals surface area contributed by atoms with Crippen LogP contribution in [0.3, 0.4) is 0 Å². The quantitative estimate of drug-likeness (QED) is 0.781. The standard InChI is InChI=1S/C13H16FNO3/c1-9(16)7-13(17)15-6-5-10-8-11(14)3-4-12(10)18-2/h3-4,8H,5-7H2,1-2H3,(H,15,17). The molecule has 0 saturated heterocycles. The average molecular weight is 253 g/mol. The van der Waals surface area contributed by atoms with E-state index in [4.69, 9.17) is 4.74 Å². The van der Waals surface area contributed by atoms with Crippen LogP contribution in [-0.2, 0) is 16.0 Å². The lowest BCUT2D eigenvalue weighted by Crippen LogP contribution is -2.27. The normalized spacial score (nSPS) is 9.94. The summed E-state index contributed by atoms with van der Waals surface area (Å²) in [6, 6.07) is 4.23. The Morgan fingerprint density at radius 3 is 2.72 bits per heavy atom. The minimum atomic E-state index is -0.346. The Balaban J connectivity index is 2.50. The van der Waals surface area contributed by atoms with Gasteiger partial charge < -0.3 is 10.1 Å². The number of hydrogen-bond donors (Lipinski definition) is 1. The number of hydrogen-bond acceptors (Lipinski definition) is 3. The van der Waals surface area contributed by atoms with Gasteiger partial charge in [-0.05, 0) is 37.1 Å². The van der Waals surface area contributed by atoms with Crippen LogP contribution >= 0.6 is 0 Å². The van der Waals surface area contributed by atoms with E-state index in [-0.39, 0.29) is 23.9 Å². The summed E-state index contributed by atoms with van der Waals surface area (Å²) in [6.07, 6.45) is 0.324. The van der Waals surface area contributed by atoms with Crippen LogP contribution in [0.15, 0.2) is 18.2 Å². The SMILES string of the molecule is COc1ccc(F)cc1CCNC(=O)CC(C)=O. The van der Waals surface area contributed by atoms with Crippen molar-refractivity contribution in [3.8, 4) is 5.75 Å². The number of amides is 1. The lowest BCUT2D eigenvalue weighted by atomic mass is 10.1. The Morgan fingerprint density at radius 2 is 2.11 bits per heavy atom. The van der Waals surface area contributed by atoms with E-state index >= 15 is 0 Å². The zero-order valence-corrected chi connectivity index (χ0v) is 10.5. The molecule has 0 unspecified atom stereocenters. The highest BCUT2D eigenvalue weighted by Crippen LogP contribution is 2.19. The Hall–Kier alpha value is -1.91. The fraction of sp³-hybridized carbons (Fsp3) is 0.385. The highest BCUT2D eigenvalue weighted by atomic mass is 19.1. The fourth-order valence-corrected chi connectivity index (χ4v) is 1.57. The third kappa shape index (κ3) is 4.53. The molecule has 0 spiro atoms. The monoisotopic (exact) mass is 253 g/mol. The third-order valence-corrected chi connectivity index (χ3v) is 2.37. The summed E-state index contributed by atoms with van der Waals surface area (Å²) in [5.74, 6) is -0.271. The molecule has 0 aliphatic heterocycles. The molecule has 0 heterocycles. The molecule has 1 amide bonds. The van der Waals surface area contributed by atoms with E-state index in [1.807, 2.05) is 0 Å². The van der Waals surface area contributed by atoms with Gasteiger partial charge in [0.2, 0.25) is 5.91 Å². The number of rotatable bonds is 6. The number of ketones is 1. The van der Waals surface area contributed by atoms with E-state index in [0.717, 1.165) is 0 Å². The Bertz CT molecular complexity index is 446. The second kappa shape index (κ2) is 6.74. The minimum absolute atomic E-state index is 0.125. The molecule has 4 nitrogen and oxygen atoms in total. The first-order valence-electron chi connectivity index (χ1n) is 5.61. The number of methoxy groups -OCH3 is 1. The molecule has 0 aliphatic rings. The van der Waals surface area contributed by atoms with E-state index in [1.165, 1.54) is 26.2 Å². The molecule has 18 heavy (non-hydrogen) atoms. The first-order chi connectivity index (χ1) is 8.52. The van der Waals surface area contributed by atoms with Gasteiger partial charge in [-0.15, -0.1) is 0 Å². The summed E-state index contributed by atoms with van der Waals surface area (Å²) in [5, 5.41) is 2.60. The average Bonchev–Trinajstić information content (AvgIpc) is 2.28. The van der Waals surface area contributed by atoms with Gasteiger partial charge in [-0.25, -0.2) is 4.39 Å². The zero-order valence-electron chi connectivity index (χ0n) is 10.5. The van der Waals surface area contributed by atoms with Crippen LogP contribution in [-0.4, -0.2) is 25.3 Å². The molecular formula is C13H16FNO3. The van der Waals surface area contributed by atoms with Gasteiger partial charge >= 0.3 is 0 Å². The minimum Gasteiger partial charge on any atom is -0.496 e. The molecular weight excluding hydrogens is 237 g/mol. The number of carbonyl (C=O) groups excluding carboxylic acids is 2. The lowest BCUT2D eigenvalue weighted by molar-refractivity contribution is -0.127. The van der Waals surface area contributed by atoms with Crippen LogP contribution in [0.25, 0.3) is 0 Å². The Morgan fingerprint density at radius 1 is 1.39 bits per heavy atom. The van der Waals surface area contributed by atoms with Gasteiger partial charge in [0.1, 0.15) is 17.3 Å². The maximum atomic E-state index is 13.1. The summed E-state index contributed by atoms with van der Waals surface area (Å²) in [6.45, 7) is 1.70. The van der Waals surface area contributed by atoms with E-state index in [9.17, 15) is 14.0 Å².